The van der Waals surface area contributed by atoms with Gasteiger partial charge in [-0.05, 0) is 30.9 Å². The largest absolute Gasteiger partial charge is 0.467 e. The molecule has 0 aromatic carbocycles. The highest BCUT2D eigenvalue weighted by Crippen LogP contribution is 2.31. The molecule has 144 valence electrons. The van der Waals surface area contributed by atoms with Crippen LogP contribution in [0.15, 0.2) is 22.8 Å². The Labute approximate surface area is 154 Å². The highest BCUT2D eigenvalue weighted by atomic mass is 16.5. The molecule has 26 heavy (non-hydrogen) atoms. The lowest BCUT2D eigenvalue weighted by Gasteiger charge is -2.40. The van der Waals surface area contributed by atoms with Crippen LogP contribution in [-0.2, 0) is 20.9 Å². The van der Waals surface area contributed by atoms with E-state index in [-0.39, 0.29) is 24.5 Å². The average molecular weight is 363 g/mol. The van der Waals surface area contributed by atoms with E-state index in [9.17, 15) is 9.59 Å². The van der Waals surface area contributed by atoms with Crippen LogP contribution >= 0.6 is 0 Å². The van der Waals surface area contributed by atoms with Crippen molar-refractivity contribution in [3.8, 4) is 0 Å². The molecule has 0 radical (unpaired) electrons. The SMILES string of the molecule is COCC(=O)N1CCN(C(C(=O)NCc2ccco2)C2CCCC2)CC1. The van der Waals surface area contributed by atoms with E-state index in [1.165, 1.54) is 20.0 Å². The van der Waals surface area contributed by atoms with Gasteiger partial charge >= 0.3 is 0 Å². The predicted octanol–water partition coefficient (Wildman–Crippen LogP) is 1.25. The van der Waals surface area contributed by atoms with Gasteiger partial charge in [0, 0.05) is 33.3 Å². The number of rotatable bonds is 7. The van der Waals surface area contributed by atoms with Gasteiger partial charge in [-0.25, -0.2) is 0 Å². The van der Waals surface area contributed by atoms with Gasteiger partial charge in [0.2, 0.25) is 11.8 Å². The van der Waals surface area contributed by atoms with Crippen LogP contribution in [0, 0.1) is 5.92 Å². The Morgan fingerprint density at radius 3 is 2.62 bits per heavy atom. The number of ether oxygens (including phenoxy) is 1. The Morgan fingerprint density at radius 1 is 1.27 bits per heavy atom. The first-order valence-electron chi connectivity index (χ1n) is 9.50. The van der Waals surface area contributed by atoms with Crippen LogP contribution in [0.2, 0.25) is 0 Å². The van der Waals surface area contributed by atoms with Crippen LogP contribution in [0.1, 0.15) is 31.4 Å². The van der Waals surface area contributed by atoms with Crippen molar-refractivity contribution in [3.05, 3.63) is 24.2 Å². The topological polar surface area (TPSA) is 75.0 Å². The van der Waals surface area contributed by atoms with Crippen molar-refractivity contribution in [2.45, 2.75) is 38.3 Å². The van der Waals surface area contributed by atoms with E-state index in [0.717, 1.165) is 31.7 Å². The van der Waals surface area contributed by atoms with Crippen molar-refractivity contribution in [3.63, 3.8) is 0 Å². The van der Waals surface area contributed by atoms with Gasteiger partial charge in [0.1, 0.15) is 12.4 Å². The van der Waals surface area contributed by atoms with Gasteiger partial charge in [-0.15, -0.1) is 0 Å². The number of hydrogen-bond donors (Lipinski definition) is 1. The smallest absolute Gasteiger partial charge is 0.248 e. The summed E-state index contributed by atoms with van der Waals surface area (Å²) in [5.74, 6) is 1.25. The normalized spacial score (nSPS) is 20.3. The van der Waals surface area contributed by atoms with Crippen molar-refractivity contribution in [1.82, 2.24) is 15.1 Å². The molecule has 1 saturated carbocycles. The van der Waals surface area contributed by atoms with E-state index in [1.54, 1.807) is 6.26 Å². The van der Waals surface area contributed by atoms with Crippen molar-refractivity contribution in [1.29, 1.82) is 0 Å². The molecule has 1 atom stereocenters. The number of nitrogens with one attached hydrogen (secondary N) is 1. The molecule has 7 nitrogen and oxygen atoms in total. The van der Waals surface area contributed by atoms with Gasteiger partial charge in [0.05, 0.1) is 18.8 Å². The van der Waals surface area contributed by atoms with Crippen LogP contribution in [0.5, 0.6) is 0 Å². The molecule has 2 amide bonds. The number of nitrogens with zero attached hydrogens (tertiary/aromatic N) is 2. The summed E-state index contributed by atoms with van der Waals surface area (Å²) in [5, 5.41) is 3.04. The second kappa shape index (κ2) is 9.19. The molecule has 0 spiro atoms. The summed E-state index contributed by atoms with van der Waals surface area (Å²) in [4.78, 5) is 29.0. The van der Waals surface area contributed by atoms with Crippen molar-refractivity contribution in [2.24, 2.45) is 5.92 Å². The molecule has 1 saturated heterocycles. The number of furan rings is 1. The molecule has 1 unspecified atom stereocenters. The molecule has 7 heteroatoms. The number of carbonyl (C=O) groups excluding carboxylic acids is 2. The second-order valence-electron chi connectivity index (χ2n) is 7.14. The van der Waals surface area contributed by atoms with Crippen LogP contribution in [0.3, 0.4) is 0 Å². The first-order valence-corrected chi connectivity index (χ1v) is 9.50. The zero-order valence-electron chi connectivity index (χ0n) is 15.5. The summed E-state index contributed by atoms with van der Waals surface area (Å²) in [6, 6.07) is 3.57. The number of methoxy groups -OCH3 is 1. The third kappa shape index (κ3) is 4.65. The Kier molecular flexibility index (Phi) is 6.68. The lowest BCUT2D eigenvalue weighted by Crippen LogP contribution is -2.58. The highest BCUT2D eigenvalue weighted by Gasteiger charge is 2.37. The fourth-order valence-corrected chi connectivity index (χ4v) is 4.11. The second-order valence-corrected chi connectivity index (χ2v) is 7.14. The van der Waals surface area contributed by atoms with Crippen LogP contribution in [-0.4, -0.2) is 67.6 Å². The molecule has 2 fully saturated rings. The Balaban J connectivity index is 1.59. The minimum absolute atomic E-state index is 0.0202. The van der Waals surface area contributed by atoms with Gasteiger partial charge in [0.25, 0.3) is 0 Å². The zero-order valence-corrected chi connectivity index (χ0v) is 15.5. The molecular weight excluding hydrogens is 334 g/mol. The molecule has 1 aliphatic heterocycles. The maximum absolute atomic E-state index is 12.9. The highest BCUT2D eigenvalue weighted by molar-refractivity contribution is 5.82. The molecule has 1 N–H and O–H groups in total. The third-order valence-electron chi connectivity index (χ3n) is 5.46. The van der Waals surface area contributed by atoms with Gasteiger partial charge in [-0.2, -0.15) is 0 Å². The first kappa shape index (κ1) is 18.9. The third-order valence-corrected chi connectivity index (χ3v) is 5.46. The van der Waals surface area contributed by atoms with Crippen molar-refractivity contribution >= 4 is 11.8 Å². The van der Waals surface area contributed by atoms with Gasteiger partial charge < -0.3 is 19.4 Å². The van der Waals surface area contributed by atoms with Gasteiger partial charge in [-0.1, -0.05) is 12.8 Å². The fraction of sp³-hybridized carbons (Fsp3) is 0.684. The summed E-state index contributed by atoms with van der Waals surface area (Å²) in [5.41, 5.74) is 0. The maximum Gasteiger partial charge on any atom is 0.248 e. The van der Waals surface area contributed by atoms with Crippen molar-refractivity contribution in [2.75, 3.05) is 39.9 Å². The summed E-state index contributed by atoms with van der Waals surface area (Å²) < 4.78 is 10.3. The summed E-state index contributed by atoms with van der Waals surface area (Å²) in [6.45, 7) is 3.29. The van der Waals surface area contributed by atoms with E-state index in [2.05, 4.69) is 10.2 Å². The molecule has 3 rings (SSSR count). The lowest BCUT2D eigenvalue weighted by molar-refractivity contribution is -0.138. The summed E-state index contributed by atoms with van der Waals surface area (Å²) in [6.07, 6.45) is 6.20. The predicted molar refractivity (Wildman–Crippen MR) is 96.3 cm³/mol. The minimum Gasteiger partial charge on any atom is -0.467 e. The Morgan fingerprint density at radius 2 is 2.00 bits per heavy atom. The van der Waals surface area contributed by atoms with Crippen LogP contribution in [0.4, 0.5) is 0 Å². The molecular formula is C19H29N3O4. The summed E-state index contributed by atoms with van der Waals surface area (Å²) >= 11 is 0. The Bertz CT molecular complexity index is 576. The monoisotopic (exact) mass is 363 g/mol. The lowest BCUT2D eigenvalue weighted by atomic mass is 9.95. The number of hydrogen-bond acceptors (Lipinski definition) is 5. The molecule has 1 aromatic heterocycles. The van der Waals surface area contributed by atoms with E-state index in [0.29, 0.717) is 25.6 Å². The minimum atomic E-state index is -0.118. The molecule has 2 heterocycles. The molecule has 2 aliphatic rings. The van der Waals surface area contributed by atoms with Crippen LogP contribution in [0.25, 0.3) is 0 Å². The average Bonchev–Trinajstić information content (AvgIpc) is 3.35. The number of amides is 2. The maximum atomic E-state index is 12.9. The first-order chi connectivity index (χ1) is 12.7. The van der Waals surface area contributed by atoms with E-state index in [4.69, 9.17) is 9.15 Å². The van der Waals surface area contributed by atoms with Gasteiger partial charge in [0.15, 0.2) is 0 Å². The fourth-order valence-electron chi connectivity index (χ4n) is 4.11. The number of carbonyl (C=O) groups is 2. The van der Waals surface area contributed by atoms with Crippen molar-refractivity contribution < 1.29 is 18.7 Å². The molecule has 0 bridgehead atoms. The zero-order chi connectivity index (χ0) is 18.4. The molecule has 1 aromatic rings. The quantitative estimate of drug-likeness (QED) is 0.789. The van der Waals surface area contributed by atoms with E-state index >= 15 is 0 Å². The van der Waals surface area contributed by atoms with Crippen LogP contribution < -0.4 is 5.32 Å². The number of piperazine rings is 1. The van der Waals surface area contributed by atoms with E-state index < -0.39 is 0 Å². The Hall–Kier alpha value is -1.86. The summed E-state index contributed by atoms with van der Waals surface area (Å²) in [7, 11) is 1.54. The standard InChI is InChI=1S/C19H29N3O4/c1-25-14-17(23)21-8-10-22(11-9-21)18(15-5-2-3-6-15)19(24)20-13-16-7-4-12-26-16/h4,7,12,15,18H,2-3,5-6,8-11,13-14H2,1H3,(H,20,24). The van der Waals surface area contributed by atoms with E-state index in [1.807, 2.05) is 17.0 Å². The molecule has 1 aliphatic carbocycles. The van der Waals surface area contributed by atoms with Gasteiger partial charge in [-0.3, -0.25) is 14.5 Å².